The lowest BCUT2D eigenvalue weighted by atomic mass is 9.66. The summed E-state index contributed by atoms with van der Waals surface area (Å²) in [4.78, 5) is 10.3. The van der Waals surface area contributed by atoms with Crippen molar-refractivity contribution >= 4 is 6.29 Å². The monoisotopic (exact) mass is 218 g/mol. The van der Waals surface area contributed by atoms with Crippen molar-refractivity contribution in [2.24, 2.45) is 11.3 Å². The van der Waals surface area contributed by atoms with Crippen LogP contribution in [0.15, 0.2) is 36.0 Å². The van der Waals surface area contributed by atoms with Gasteiger partial charge in [0.25, 0.3) is 0 Å². The third-order valence-electron chi connectivity index (χ3n) is 3.48. The molecule has 16 heavy (non-hydrogen) atoms. The van der Waals surface area contributed by atoms with Crippen molar-refractivity contribution in [1.82, 2.24) is 0 Å². The van der Waals surface area contributed by atoms with Gasteiger partial charge in [0.2, 0.25) is 0 Å². The lowest BCUT2D eigenvalue weighted by molar-refractivity contribution is -0.104. The number of carbonyl (C=O) groups is 1. The summed E-state index contributed by atoms with van der Waals surface area (Å²) in [5.74, 6) is 0.441. The normalized spacial score (nSPS) is 26.1. The molecule has 0 N–H and O–H groups in total. The molecule has 88 valence electrons. The Labute approximate surface area is 98.9 Å². The second-order valence-electron chi connectivity index (χ2n) is 5.38. The summed E-state index contributed by atoms with van der Waals surface area (Å²) < 4.78 is 0. The maximum Gasteiger partial charge on any atom is 0.143 e. The highest BCUT2D eigenvalue weighted by Gasteiger charge is 2.32. The van der Waals surface area contributed by atoms with E-state index in [9.17, 15) is 4.79 Å². The van der Waals surface area contributed by atoms with Crippen molar-refractivity contribution in [1.29, 1.82) is 0 Å². The molecule has 1 nitrogen and oxygen atoms in total. The summed E-state index contributed by atoms with van der Waals surface area (Å²) in [7, 11) is 0. The second-order valence-corrected chi connectivity index (χ2v) is 5.38. The van der Waals surface area contributed by atoms with Crippen LogP contribution in [0.2, 0.25) is 0 Å². The van der Waals surface area contributed by atoms with Gasteiger partial charge in [0, 0.05) is 5.92 Å². The van der Waals surface area contributed by atoms with Crippen molar-refractivity contribution in [3.63, 3.8) is 0 Å². The van der Waals surface area contributed by atoms with Gasteiger partial charge in [-0.05, 0) is 43.3 Å². The Morgan fingerprint density at radius 1 is 1.50 bits per heavy atom. The fraction of sp³-hybridized carbons (Fsp3) is 0.533. The average molecular weight is 218 g/mol. The fourth-order valence-corrected chi connectivity index (χ4v) is 2.44. The molecule has 1 unspecified atom stereocenters. The van der Waals surface area contributed by atoms with Crippen molar-refractivity contribution in [3.05, 3.63) is 36.0 Å². The van der Waals surface area contributed by atoms with Crippen molar-refractivity contribution in [3.8, 4) is 0 Å². The Morgan fingerprint density at radius 3 is 2.75 bits per heavy atom. The smallest absolute Gasteiger partial charge is 0.143 e. The van der Waals surface area contributed by atoms with Gasteiger partial charge in [0.15, 0.2) is 0 Å². The van der Waals surface area contributed by atoms with Crippen molar-refractivity contribution in [2.45, 2.75) is 40.0 Å². The first kappa shape index (κ1) is 13.0. The minimum Gasteiger partial charge on any atom is -0.299 e. The largest absolute Gasteiger partial charge is 0.299 e. The summed E-state index contributed by atoms with van der Waals surface area (Å²) in [6.45, 7) is 10.7. The Bertz CT molecular complexity index is 331. The van der Waals surface area contributed by atoms with Crippen LogP contribution in [0, 0.1) is 11.3 Å². The fourth-order valence-electron chi connectivity index (χ4n) is 2.44. The summed E-state index contributed by atoms with van der Waals surface area (Å²) in [6, 6.07) is 0. The summed E-state index contributed by atoms with van der Waals surface area (Å²) in [6.07, 6.45) is 10.3. The minimum absolute atomic E-state index is 0.299. The van der Waals surface area contributed by atoms with E-state index in [1.807, 2.05) is 13.0 Å². The Morgan fingerprint density at radius 2 is 2.19 bits per heavy atom. The molecule has 0 saturated heterocycles. The van der Waals surface area contributed by atoms with Crippen LogP contribution in [0.25, 0.3) is 0 Å². The molecule has 1 aliphatic carbocycles. The lowest BCUT2D eigenvalue weighted by Gasteiger charge is -2.38. The van der Waals surface area contributed by atoms with Crippen LogP contribution in [0.3, 0.4) is 0 Å². The maximum absolute atomic E-state index is 10.3. The van der Waals surface area contributed by atoms with Crippen LogP contribution < -0.4 is 0 Å². The van der Waals surface area contributed by atoms with Gasteiger partial charge in [-0.15, -0.1) is 0 Å². The molecule has 0 amide bonds. The van der Waals surface area contributed by atoms with Crippen molar-refractivity contribution in [2.75, 3.05) is 0 Å². The highest BCUT2D eigenvalue weighted by molar-refractivity contribution is 5.66. The quantitative estimate of drug-likeness (QED) is 0.302. The third kappa shape index (κ3) is 3.19. The number of rotatable bonds is 3. The third-order valence-corrected chi connectivity index (χ3v) is 3.48. The van der Waals surface area contributed by atoms with E-state index in [0.717, 1.165) is 18.3 Å². The van der Waals surface area contributed by atoms with E-state index < -0.39 is 0 Å². The Balaban J connectivity index is 2.80. The number of aldehydes is 1. The summed E-state index contributed by atoms with van der Waals surface area (Å²) >= 11 is 0. The van der Waals surface area contributed by atoms with Crippen LogP contribution in [0.1, 0.15) is 40.0 Å². The van der Waals surface area contributed by atoms with E-state index in [0.29, 0.717) is 11.3 Å². The molecule has 1 atom stereocenters. The molecule has 0 spiro atoms. The zero-order valence-corrected chi connectivity index (χ0v) is 10.6. The lowest BCUT2D eigenvalue weighted by Crippen LogP contribution is -2.27. The molecule has 0 radical (unpaired) electrons. The molecule has 1 aliphatic rings. The van der Waals surface area contributed by atoms with E-state index in [1.54, 1.807) is 6.08 Å². The SMILES string of the molecule is C=C1CCCC(C)(C)C1C=CC(C)=CC=O. The molecule has 1 heteroatoms. The first-order valence-electron chi connectivity index (χ1n) is 5.95. The van der Waals surface area contributed by atoms with Crippen LogP contribution in [0.5, 0.6) is 0 Å². The van der Waals surface area contributed by atoms with Gasteiger partial charge in [0.05, 0.1) is 0 Å². The molecule has 0 heterocycles. The number of hydrogen-bond acceptors (Lipinski definition) is 1. The van der Waals surface area contributed by atoms with Gasteiger partial charge in [-0.3, -0.25) is 4.79 Å². The standard InChI is InChI=1S/C15H22O/c1-12(9-11-16)7-8-14-13(2)6-5-10-15(14,3)4/h7-9,11,14H,2,5-6,10H2,1,3-4H3. The molecule has 0 aromatic rings. The molecule has 0 aromatic carbocycles. The predicted octanol–water partition coefficient (Wildman–Crippen LogP) is 4.07. The molecule has 0 bridgehead atoms. The first-order chi connectivity index (χ1) is 7.47. The van der Waals surface area contributed by atoms with Crippen LogP contribution >= 0.6 is 0 Å². The Hall–Kier alpha value is -1.11. The number of allylic oxidation sites excluding steroid dienone is 5. The average Bonchev–Trinajstić information content (AvgIpc) is 2.16. The summed E-state index contributed by atoms with van der Waals surface area (Å²) in [5, 5.41) is 0. The van der Waals surface area contributed by atoms with E-state index in [-0.39, 0.29) is 0 Å². The van der Waals surface area contributed by atoms with Crippen molar-refractivity contribution < 1.29 is 4.79 Å². The zero-order chi connectivity index (χ0) is 12.2. The van der Waals surface area contributed by atoms with E-state index in [1.165, 1.54) is 18.4 Å². The van der Waals surface area contributed by atoms with Gasteiger partial charge in [0.1, 0.15) is 6.29 Å². The molecule has 1 rings (SSSR count). The number of carbonyl (C=O) groups excluding carboxylic acids is 1. The molecular weight excluding hydrogens is 196 g/mol. The Kier molecular flexibility index (Phi) is 4.28. The summed E-state index contributed by atoms with van der Waals surface area (Å²) in [5.41, 5.74) is 2.63. The van der Waals surface area contributed by atoms with Gasteiger partial charge >= 0.3 is 0 Å². The molecule has 1 saturated carbocycles. The molecule has 0 aliphatic heterocycles. The van der Waals surface area contributed by atoms with E-state index in [2.05, 4.69) is 26.5 Å². The highest BCUT2D eigenvalue weighted by Crippen LogP contribution is 2.43. The van der Waals surface area contributed by atoms with Gasteiger partial charge in [-0.25, -0.2) is 0 Å². The molecule has 1 fully saturated rings. The zero-order valence-electron chi connectivity index (χ0n) is 10.6. The maximum atomic E-state index is 10.3. The minimum atomic E-state index is 0.299. The van der Waals surface area contributed by atoms with Crippen LogP contribution in [-0.2, 0) is 4.79 Å². The van der Waals surface area contributed by atoms with E-state index in [4.69, 9.17) is 0 Å². The van der Waals surface area contributed by atoms with Crippen LogP contribution in [-0.4, -0.2) is 6.29 Å². The van der Waals surface area contributed by atoms with Gasteiger partial charge in [-0.2, -0.15) is 0 Å². The highest BCUT2D eigenvalue weighted by atomic mass is 16.1. The van der Waals surface area contributed by atoms with E-state index >= 15 is 0 Å². The van der Waals surface area contributed by atoms with Crippen LogP contribution in [0.4, 0.5) is 0 Å². The first-order valence-corrected chi connectivity index (χ1v) is 5.95. The predicted molar refractivity (Wildman–Crippen MR) is 69.2 cm³/mol. The topological polar surface area (TPSA) is 17.1 Å². The van der Waals surface area contributed by atoms with Gasteiger partial charge < -0.3 is 0 Å². The number of hydrogen-bond donors (Lipinski definition) is 0. The van der Waals surface area contributed by atoms with Gasteiger partial charge in [-0.1, -0.05) is 38.2 Å². The molecular formula is C15H22O. The molecule has 0 aromatic heterocycles. The second kappa shape index (κ2) is 5.29.